The van der Waals surface area contributed by atoms with Gasteiger partial charge in [-0.15, -0.1) is 0 Å². The Bertz CT molecular complexity index is 1080. The van der Waals surface area contributed by atoms with Gasteiger partial charge in [-0.2, -0.15) is 0 Å². The molecule has 154 valence electrons. The average Bonchev–Trinajstić information content (AvgIpc) is 2.71. The fourth-order valence-electron chi connectivity index (χ4n) is 2.38. The molecule has 0 saturated heterocycles. The maximum Gasteiger partial charge on any atom is 0.323 e. The minimum Gasteiger partial charge on any atom is -0.457 e. The Morgan fingerprint density at radius 1 is 0.900 bits per heavy atom. The lowest BCUT2D eigenvalue weighted by molar-refractivity contribution is 0.0532. The predicted octanol–water partition coefficient (Wildman–Crippen LogP) is 5.12. The lowest BCUT2D eigenvalue weighted by Crippen LogP contribution is -2.22. The van der Waals surface area contributed by atoms with Crippen molar-refractivity contribution in [3.05, 3.63) is 76.5 Å². The number of hydrogen-bond donors (Lipinski definition) is 3. The van der Waals surface area contributed by atoms with Crippen molar-refractivity contribution in [1.82, 2.24) is 10.5 Å². The van der Waals surface area contributed by atoms with Gasteiger partial charge in [0.25, 0.3) is 5.91 Å². The SMILES string of the molecule is CONC(=O)c1cc(Oc2cccc(NC(=O)Nc3ccc(Cl)c(Cl)c3)c2)ccn1. The number of carbonyl (C=O) groups is 2. The molecule has 0 aliphatic rings. The molecular weight excluding hydrogens is 431 g/mol. The number of amides is 3. The van der Waals surface area contributed by atoms with E-state index in [4.69, 9.17) is 27.9 Å². The molecule has 1 heterocycles. The summed E-state index contributed by atoms with van der Waals surface area (Å²) >= 11 is 11.8. The van der Waals surface area contributed by atoms with Gasteiger partial charge in [-0.3, -0.25) is 14.6 Å². The van der Waals surface area contributed by atoms with Gasteiger partial charge in [0.05, 0.1) is 17.2 Å². The maximum atomic E-state index is 12.2. The highest BCUT2D eigenvalue weighted by Crippen LogP contribution is 2.26. The zero-order chi connectivity index (χ0) is 21.5. The summed E-state index contributed by atoms with van der Waals surface area (Å²) in [5.41, 5.74) is 3.30. The van der Waals surface area contributed by atoms with Crippen LogP contribution in [0.2, 0.25) is 10.0 Å². The highest BCUT2D eigenvalue weighted by molar-refractivity contribution is 6.42. The second kappa shape index (κ2) is 9.93. The summed E-state index contributed by atoms with van der Waals surface area (Å²) in [5, 5.41) is 6.09. The summed E-state index contributed by atoms with van der Waals surface area (Å²) in [6.07, 6.45) is 1.44. The van der Waals surface area contributed by atoms with Gasteiger partial charge in [0.1, 0.15) is 17.2 Å². The number of nitrogens with one attached hydrogen (secondary N) is 3. The molecule has 8 nitrogen and oxygen atoms in total. The van der Waals surface area contributed by atoms with Crippen LogP contribution in [0.15, 0.2) is 60.8 Å². The standard InChI is InChI=1S/C20H16Cl2N4O4/c1-29-26-19(27)18-11-15(7-8-23-18)30-14-4-2-3-12(9-14)24-20(28)25-13-5-6-16(21)17(22)10-13/h2-11H,1H3,(H,26,27)(H2,24,25,28). The Balaban J connectivity index is 1.66. The second-order valence-corrected chi connectivity index (χ2v) is 6.66. The number of anilines is 2. The molecule has 0 aliphatic carbocycles. The Morgan fingerprint density at radius 2 is 1.63 bits per heavy atom. The summed E-state index contributed by atoms with van der Waals surface area (Å²) in [6, 6.07) is 14.1. The molecule has 0 unspecified atom stereocenters. The van der Waals surface area contributed by atoms with E-state index >= 15 is 0 Å². The van der Waals surface area contributed by atoms with E-state index in [-0.39, 0.29) is 5.69 Å². The van der Waals surface area contributed by atoms with Crippen LogP contribution in [0.3, 0.4) is 0 Å². The van der Waals surface area contributed by atoms with E-state index < -0.39 is 11.9 Å². The molecule has 0 saturated carbocycles. The maximum absolute atomic E-state index is 12.2. The Labute approximate surface area is 182 Å². The lowest BCUT2D eigenvalue weighted by atomic mass is 10.3. The first-order chi connectivity index (χ1) is 14.4. The zero-order valence-corrected chi connectivity index (χ0v) is 17.1. The van der Waals surface area contributed by atoms with E-state index in [0.29, 0.717) is 32.9 Å². The molecule has 0 fully saturated rings. The van der Waals surface area contributed by atoms with Crippen molar-refractivity contribution in [2.75, 3.05) is 17.7 Å². The van der Waals surface area contributed by atoms with E-state index in [1.807, 2.05) is 0 Å². The molecule has 0 bridgehead atoms. The van der Waals surface area contributed by atoms with Gasteiger partial charge in [-0.05, 0) is 36.4 Å². The summed E-state index contributed by atoms with van der Waals surface area (Å²) in [5.74, 6) is 0.340. The summed E-state index contributed by atoms with van der Waals surface area (Å²) in [7, 11) is 1.33. The number of urea groups is 1. The monoisotopic (exact) mass is 446 g/mol. The van der Waals surface area contributed by atoms with Crippen LogP contribution in [0.4, 0.5) is 16.2 Å². The number of hydroxylamine groups is 1. The fraction of sp³-hybridized carbons (Fsp3) is 0.0500. The van der Waals surface area contributed by atoms with E-state index in [1.54, 1.807) is 48.5 Å². The van der Waals surface area contributed by atoms with Crippen LogP contribution in [0.25, 0.3) is 0 Å². The molecule has 0 atom stereocenters. The number of nitrogens with zero attached hydrogens (tertiary/aromatic N) is 1. The number of pyridine rings is 1. The quantitative estimate of drug-likeness (QED) is 0.456. The van der Waals surface area contributed by atoms with Gasteiger partial charge in [0.2, 0.25) is 0 Å². The van der Waals surface area contributed by atoms with Crippen molar-refractivity contribution in [2.24, 2.45) is 0 Å². The van der Waals surface area contributed by atoms with Gasteiger partial charge in [-0.25, -0.2) is 10.3 Å². The van der Waals surface area contributed by atoms with Crippen molar-refractivity contribution < 1.29 is 19.2 Å². The number of benzene rings is 2. The molecule has 3 rings (SSSR count). The van der Waals surface area contributed by atoms with Gasteiger partial charge in [0.15, 0.2) is 0 Å². The van der Waals surface area contributed by atoms with E-state index in [0.717, 1.165) is 0 Å². The third-order valence-corrected chi connectivity index (χ3v) is 4.40. The molecule has 10 heteroatoms. The van der Waals surface area contributed by atoms with Crippen LogP contribution in [0.1, 0.15) is 10.5 Å². The molecule has 30 heavy (non-hydrogen) atoms. The number of ether oxygens (including phenoxy) is 1. The van der Waals surface area contributed by atoms with Crippen LogP contribution in [0, 0.1) is 0 Å². The highest BCUT2D eigenvalue weighted by Gasteiger charge is 2.09. The zero-order valence-electron chi connectivity index (χ0n) is 15.6. The van der Waals surface area contributed by atoms with Gasteiger partial charge < -0.3 is 15.4 Å². The summed E-state index contributed by atoms with van der Waals surface area (Å²) in [4.78, 5) is 32.6. The lowest BCUT2D eigenvalue weighted by Gasteiger charge is -2.11. The second-order valence-electron chi connectivity index (χ2n) is 5.85. The third kappa shape index (κ3) is 5.84. The molecule has 0 radical (unpaired) electrons. The van der Waals surface area contributed by atoms with Crippen molar-refractivity contribution in [1.29, 1.82) is 0 Å². The number of aromatic nitrogens is 1. The molecule has 2 aromatic carbocycles. The minimum atomic E-state index is -0.502. The Kier molecular flexibility index (Phi) is 7.08. The van der Waals surface area contributed by atoms with Crippen molar-refractivity contribution in [3.8, 4) is 11.5 Å². The average molecular weight is 447 g/mol. The number of hydrogen-bond acceptors (Lipinski definition) is 5. The normalized spacial score (nSPS) is 10.2. The van der Waals surface area contributed by atoms with Gasteiger partial charge in [-0.1, -0.05) is 29.3 Å². The number of carbonyl (C=O) groups excluding carboxylic acids is 2. The van der Waals surface area contributed by atoms with E-state index in [9.17, 15) is 9.59 Å². The van der Waals surface area contributed by atoms with E-state index in [2.05, 4.69) is 25.9 Å². The highest BCUT2D eigenvalue weighted by atomic mass is 35.5. The van der Waals surface area contributed by atoms with E-state index in [1.165, 1.54) is 19.4 Å². The first kappa shape index (κ1) is 21.4. The van der Waals surface area contributed by atoms with Crippen LogP contribution < -0.4 is 20.9 Å². The number of rotatable bonds is 6. The largest absolute Gasteiger partial charge is 0.457 e. The van der Waals surface area contributed by atoms with Crippen LogP contribution in [0.5, 0.6) is 11.5 Å². The van der Waals surface area contributed by atoms with Gasteiger partial charge in [0, 0.05) is 29.7 Å². The third-order valence-electron chi connectivity index (χ3n) is 3.66. The molecule has 3 N–H and O–H groups in total. The van der Waals surface area contributed by atoms with Crippen LogP contribution in [-0.4, -0.2) is 24.0 Å². The van der Waals surface area contributed by atoms with Crippen LogP contribution in [-0.2, 0) is 4.84 Å². The molecule has 0 aliphatic heterocycles. The molecule has 0 spiro atoms. The van der Waals surface area contributed by atoms with Crippen molar-refractivity contribution in [3.63, 3.8) is 0 Å². The molecule has 3 aromatic rings. The first-order valence-corrected chi connectivity index (χ1v) is 9.30. The Hall–Kier alpha value is -3.33. The minimum absolute atomic E-state index is 0.129. The Morgan fingerprint density at radius 3 is 2.37 bits per heavy atom. The first-order valence-electron chi connectivity index (χ1n) is 8.55. The molecule has 3 amide bonds. The van der Waals surface area contributed by atoms with Crippen molar-refractivity contribution >= 4 is 46.5 Å². The molecular formula is C20H16Cl2N4O4. The number of halogens is 2. The summed E-state index contributed by atoms with van der Waals surface area (Å²) < 4.78 is 5.75. The fourth-order valence-corrected chi connectivity index (χ4v) is 2.68. The van der Waals surface area contributed by atoms with Crippen molar-refractivity contribution in [2.45, 2.75) is 0 Å². The molecule has 1 aromatic heterocycles. The smallest absolute Gasteiger partial charge is 0.323 e. The summed E-state index contributed by atoms with van der Waals surface area (Å²) in [6.45, 7) is 0. The predicted molar refractivity (Wildman–Crippen MR) is 114 cm³/mol. The topological polar surface area (TPSA) is 102 Å². The van der Waals surface area contributed by atoms with Crippen LogP contribution >= 0.6 is 23.2 Å². The van der Waals surface area contributed by atoms with Gasteiger partial charge >= 0.3 is 6.03 Å².